The number of terminal acetylenes is 1. The van der Waals surface area contributed by atoms with Crippen molar-refractivity contribution in [3.63, 3.8) is 0 Å². The van der Waals surface area contributed by atoms with Gasteiger partial charge in [-0.15, -0.1) is 6.42 Å². The van der Waals surface area contributed by atoms with Crippen molar-refractivity contribution in [3.05, 3.63) is 23.8 Å². The number of nitrogens with zero attached hydrogens (tertiary/aromatic N) is 1. The number of amides is 1. The van der Waals surface area contributed by atoms with Crippen molar-refractivity contribution in [3.8, 4) is 18.1 Å². The van der Waals surface area contributed by atoms with Gasteiger partial charge in [0.2, 0.25) is 0 Å². The Morgan fingerprint density at radius 1 is 1.52 bits per heavy atom. The number of anilines is 1. The zero-order valence-electron chi connectivity index (χ0n) is 11.3. The van der Waals surface area contributed by atoms with Gasteiger partial charge in [-0.3, -0.25) is 4.79 Å². The summed E-state index contributed by atoms with van der Waals surface area (Å²) in [7, 11) is -3.14. The average molecular weight is 308 g/mol. The summed E-state index contributed by atoms with van der Waals surface area (Å²) in [6.45, 7) is -0.0206. The monoisotopic (exact) mass is 308 g/mol. The van der Waals surface area contributed by atoms with Crippen LogP contribution in [0.2, 0.25) is 0 Å². The minimum absolute atomic E-state index is 0.0206. The number of hydrogen-bond donors (Lipinski definition) is 2. The van der Waals surface area contributed by atoms with Gasteiger partial charge in [-0.05, 0) is 18.6 Å². The lowest BCUT2D eigenvalue weighted by Crippen LogP contribution is -2.41. The summed E-state index contributed by atoms with van der Waals surface area (Å²) in [5, 5.41) is 9.89. The summed E-state index contributed by atoms with van der Waals surface area (Å²) in [6, 6.07) is 3.97. The zero-order chi connectivity index (χ0) is 15.6. The maximum atomic E-state index is 12.5. The minimum atomic E-state index is -3.14. The first kappa shape index (κ1) is 15.2. The van der Waals surface area contributed by atoms with Gasteiger partial charge in [0.1, 0.15) is 0 Å². The molecule has 21 heavy (non-hydrogen) atoms. The van der Waals surface area contributed by atoms with Crippen molar-refractivity contribution < 1.29 is 18.3 Å². The van der Waals surface area contributed by atoms with Crippen LogP contribution in [-0.2, 0) is 9.84 Å². The van der Waals surface area contributed by atoms with E-state index in [1.54, 1.807) is 6.07 Å². The molecule has 0 aliphatic carbocycles. The Labute approximate surface area is 123 Å². The van der Waals surface area contributed by atoms with Crippen LogP contribution in [0.5, 0.6) is 5.75 Å². The van der Waals surface area contributed by atoms with Crippen molar-refractivity contribution >= 4 is 21.4 Å². The van der Waals surface area contributed by atoms with Crippen molar-refractivity contribution in [1.29, 1.82) is 0 Å². The van der Waals surface area contributed by atoms with E-state index in [-0.39, 0.29) is 35.1 Å². The third-order valence-electron chi connectivity index (χ3n) is 3.47. The Balaban J connectivity index is 2.33. The molecule has 112 valence electrons. The number of aromatic hydroxyl groups is 1. The van der Waals surface area contributed by atoms with E-state index in [0.29, 0.717) is 6.42 Å². The molecule has 7 heteroatoms. The van der Waals surface area contributed by atoms with Crippen LogP contribution in [0.3, 0.4) is 0 Å². The van der Waals surface area contributed by atoms with E-state index in [4.69, 9.17) is 12.2 Å². The number of nitrogens with two attached hydrogens (primary N) is 1. The van der Waals surface area contributed by atoms with Crippen molar-refractivity contribution in [2.45, 2.75) is 12.5 Å². The van der Waals surface area contributed by atoms with E-state index in [1.165, 1.54) is 17.0 Å². The largest absolute Gasteiger partial charge is 0.505 e. The van der Waals surface area contributed by atoms with E-state index in [1.807, 2.05) is 0 Å². The van der Waals surface area contributed by atoms with Crippen LogP contribution in [0.4, 0.5) is 5.69 Å². The van der Waals surface area contributed by atoms with Gasteiger partial charge in [0.25, 0.3) is 5.91 Å². The van der Waals surface area contributed by atoms with Crippen LogP contribution in [0.15, 0.2) is 18.2 Å². The average Bonchev–Trinajstić information content (AvgIpc) is 2.78. The summed E-state index contributed by atoms with van der Waals surface area (Å²) in [5.74, 6) is 1.45. The minimum Gasteiger partial charge on any atom is -0.505 e. The van der Waals surface area contributed by atoms with Gasteiger partial charge in [-0.1, -0.05) is 12.0 Å². The quantitative estimate of drug-likeness (QED) is 0.473. The Morgan fingerprint density at radius 3 is 2.81 bits per heavy atom. The third kappa shape index (κ3) is 3.11. The third-order valence-corrected chi connectivity index (χ3v) is 5.22. The number of carbonyl (C=O) groups excluding carboxylic acids is 1. The zero-order valence-corrected chi connectivity index (χ0v) is 12.1. The predicted molar refractivity (Wildman–Crippen MR) is 79.4 cm³/mol. The van der Waals surface area contributed by atoms with Crippen LogP contribution in [0, 0.1) is 12.3 Å². The standard InChI is InChI=1S/C14H16N2O4S/c1-2-7-16(10-6-8-21(19,20)9-10)14(18)11-4-3-5-12(15)13(11)17/h1,3-5,10,17H,6-9,15H2. The molecule has 1 aromatic rings. The lowest BCUT2D eigenvalue weighted by molar-refractivity contribution is 0.0721. The first-order valence-electron chi connectivity index (χ1n) is 6.38. The smallest absolute Gasteiger partial charge is 0.258 e. The number of para-hydroxylation sites is 1. The Kier molecular flexibility index (Phi) is 4.09. The number of benzene rings is 1. The number of nitrogen functional groups attached to an aromatic ring is 1. The first-order valence-corrected chi connectivity index (χ1v) is 8.20. The van der Waals surface area contributed by atoms with Gasteiger partial charge >= 0.3 is 0 Å². The van der Waals surface area contributed by atoms with Gasteiger partial charge in [0.15, 0.2) is 15.6 Å². The van der Waals surface area contributed by atoms with Crippen LogP contribution in [0.25, 0.3) is 0 Å². The van der Waals surface area contributed by atoms with E-state index in [9.17, 15) is 18.3 Å². The van der Waals surface area contributed by atoms with Gasteiger partial charge in [0, 0.05) is 6.04 Å². The molecule has 1 atom stereocenters. The van der Waals surface area contributed by atoms with E-state index < -0.39 is 21.8 Å². The second kappa shape index (κ2) is 5.66. The highest BCUT2D eigenvalue weighted by molar-refractivity contribution is 7.91. The summed E-state index contributed by atoms with van der Waals surface area (Å²) in [5.41, 5.74) is 5.68. The van der Waals surface area contributed by atoms with Gasteiger partial charge in [0.05, 0.1) is 29.3 Å². The number of carbonyl (C=O) groups is 1. The second-order valence-corrected chi connectivity index (χ2v) is 7.17. The summed E-state index contributed by atoms with van der Waals surface area (Å²) >= 11 is 0. The summed E-state index contributed by atoms with van der Waals surface area (Å²) in [4.78, 5) is 13.8. The van der Waals surface area contributed by atoms with E-state index in [2.05, 4.69) is 5.92 Å². The highest BCUT2D eigenvalue weighted by atomic mass is 32.2. The fourth-order valence-corrected chi connectivity index (χ4v) is 4.11. The Morgan fingerprint density at radius 2 is 2.24 bits per heavy atom. The first-order chi connectivity index (χ1) is 9.85. The lowest BCUT2D eigenvalue weighted by Gasteiger charge is -2.26. The molecule has 1 fully saturated rings. The SMILES string of the molecule is C#CCN(C(=O)c1cccc(N)c1O)C1CCS(=O)(=O)C1. The molecule has 1 amide bonds. The Hall–Kier alpha value is -2.20. The molecular weight excluding hydrogens is 292 g/mol. The topological polar surface area (TPSA) is 101 Å². The molecule has 1 saturated heterocycles. The molecule has 0 bridgehead atoms. The normalized spacial score (nSPS) is 19.9. The van der Waals surface area contributed by atoms with Crippen molar-refractivity contribution in [2.75, 3.05) is 23.8 Å². The number of phenols is 1. The van der Waals surface area contributed by atoms with Crippen molar-refractivity contribution in [2.24, 2.45) is 0 Å². The number of hydrogen-bond acceptors (Lipinski definition) is 5. The molecule has 1 heterocycles. The molecule has 1 unspecified atom stereocenters. The molecular formula is C14H16N2O4S. The molecule has 0 aromatic heterocycles. The Bertz CT molecular complexity index is 706. The molecule has 0 radical (unpaired) electrons. The fraction of sp³-hybridized carbons (Fsp3) is 0.357. The number of rotatable bonds is 3. The molecule has 1 aliphatic rings. The molecule has 3 N–H and O–H groups in total. The number of phenolic OH excluding ortho intramolecular Hbond substituents is 1. The second-order valence-electron chi connectivity index (χ2n) is 4.94. The van der Waals surface area contributed by atoms with Gasteiger partial charge in [-0.2, -0.15) is 0 Å². The van der Waals surface area contributed by atoms with Crippen LogP contribution in [0.1, 0.15) is 16.8 Å². The van der Waals surface area contributed by atoms with Crippen LogP contribution >= 0.6 is 0 Å². The highest BCUT2D eigenvalue weighted by Crippen LogP contribution is 2.27. The van der Waals surface area contributed by atoms with Crippen LogP contribution < -0.4 is 5.73 Å². The molecule has 6 nitrogen and oxygen atoms in total. The van der Waals surface area contributed by atoms with E-state index >= 15 is 0 Å². The number of sulfone groups is 1. The van der Waals surface area contributed by atoms with Crippen molar-refractivity contribution in [1.82, 2.24) is 4.90 Å². The lowest BCUT2D eigenvalue weighted by atomic mass is 10.1. The molecule has 1 aliphatic heterocycles. The summed E-state index contributed by atoms with van der Waals surface area (Å²) < 4.78 is 23.1. The van der Waals surface area contributed by atoms with Gasteiger partial charge < -0.3 is 15.7 Å². The van der Waals surface area contributed by atoms with E-state index in [0.717, 1.165) is 0 Å². The predicted octanol–water partition coefficient (Wildman–Crippen LogP) is 0.237. The maximum absolute atomic E-state index is 12.5. The molecule has 0 spiro atoms. The molecule has 1 aromatic carbocycles. The molecule has 2 rings (SSSR count). The van der Waals surface area contributed by atoms with Gasteiger partial charge in [-0.25, -0.2) is 8.42 Å². The van der Waals surface area contributed by atoms with Crippen LogP contribution in [-0.4, -0.2) is 48.4 Å². The fourth-order valence-electron chi connectivity index (χ4n) is 2.37. The maximum Gasteiger partial charge on any atom is 0.258 e. The summed E-state index contributed by atoms with van der Waals surface area (Å²) in [6.07, 6.45) is 5.61. The molecule has 0 saturated carbocycles. The highest BCUT2D eigenvalue weighted by Gasteiger charge is 2.35.